The van der Waals surface area contributed by atoms with E-state index in [-0.39, 0.29) is 17.2 Å². The average Bonchev–Trinajstić information content (AvgIpc) is 2.89. The zero-order valence-corrected chi connectivity index (χ0v) is 22.0. The smallest absolute Gasteiger partial charge is 0.243 e. The van der Waals surface area contributed by atoms with Gasteiger partial charge in [0, 0.05) is 62.4 Å². The van der Waals surface area contributed by atoms with Crippen LogP contribution in [0.25, 0.3) is 10.8 Å². The van der Waals surface area contributed by atoms with Crippen molar-refractivity contribution in [3.8, 4) is 0 Å². The molecule has 0 N–H and O–H groups in total. The normalized spacial score (nSPS) is 20.6. The van der Waals surface area contributed by atoms with E-state index in [0.29, 0.717) is 24.0 Å². The lowest BCUT2D eigenvalue weighted by molar-refractivity contribution is -0.123. The lowest BCUT2D eigenvalue weighted by Crippen LogP contribution is -2.58. The topological polar surface area (TPSA) is 73.8 Å². The highest BCUT2D eigenvalue weighted by molar-refractivity contribution is 7.89. The lowest BCUT2D eigenvalue weighted by Gasteiger charge is -2.42. The maximum atomic E-state index is 13.5. The van der Waals surface area contributed by atoms with Crippen LogP contribution in [0.1, 0.15) is 19.8 Å². The first-order valence-electron chi connectivity index (χ1n) is 12.4. The number of nitrogens with zero attached hydrogens (tertiary/aromatic N) is 4. The molecular weight excluding hydrogens is 496 g/mol. The standard InChI is InChI=1S/C27H31ClN4O3S/c1-20(33)27-19-32(36(34,35)26-5-3-22-16-24(28)4-2-23(22)17-26)15-14-31(27)18-21-8-12-30(13-9-21)25-6-10-29-11-7-25/h2-7,10-11,16-17,21,27H,8-9,12-15,18-19H2,1H3. The molecule has 3 heterocycles. The van der Waals surface area contributed by atoms with Crippen LogP contribution < -0.4 is 4.90 Å². The number of sulfonamides is 1. The summed E-state index contributed by atoms with van der Waals surface area (Å²) in [5.41, 5.74) is 1.20. The maximum Gasteiger partial charge on any atom is 0.243 e. The minimum Gasteiger partial charge on any atom is -0.371 e. The SMILES string of the molecule is CC(=O)C1CN(S(=O)(=O)c2ccc3cc(Cl)ccc3c2)CCN1CC1CCN(c2ccncc2)CC1. The number of hydrogen-bond donors (Lipinski definition) is 0. The fourth-order valence-electron chi connectivity index (χ4n) is 5.38. The molecule has 2 aliphatic rings. The summed E-state index contributed by atoms with van der Waals surface area (Å²) in [5, 5.41) is 2.32. The van der Waals surface area contributed by atoms with Gasteiger partial charge in [-0.05, 0) is 72.9 Å². The molecule has 0 radical (unpaired) electrons. The summed E-state index contributed by atoms with van der Waals surface area (Å²) in [5.74, 6) is 0.498. The molecule has 7 nitrogen and oxygen atoms in total. The quantitative estimate of drug-likeness (QED) is 0.482. The van der Waals surface area contributed by atoms with Crippen LogP contribution >= 0.6 is 11.6 Å². The third-order valence-corrected chi connectivity index (χ3v) is 9.57. The molecule has 2 fully saturated rings. The van der Waals surface area contributed by atoms with Gasteiger partial charge in [0.1, 0.15) is 5.78 Å². The molecule has 9 heteroatoms. The summed E-state index contributed by atoms with van der Waals surface area (Å²) in [6, 6.07) is 14.1. The van der Waals surface area contributed by atoms with E-state index in [1.165, 1.54) is 9.99 Å². The molecule has 0 saturated carbocycles. The average molecular weight is 527 g/mol. The van der Waals surface area contributed by atoms with E-state index in [1.807, 2.05) is 36.7 Å². The van der Waals surface area contributed by atoms with Gasteiger partial charge in [-0.15, -0.1) is 0 Å². The van der Waals surface area contributed by atoms with Gasteiger partial charge in [0.2, 0.25) is 10.0 Å². The molecular formula is C27H31ClN4O3S. The Balaban J connectivity index is 1.25. The highest BCUT2D eigenvalue weighted by Gasteiger charge is 2.37. The van der Waals surface area contributed by atoms with Crippen molar-refractivity contribution in [3.63, 3.8) is 0 Å². The van der Waals surface area contributed by atoms with Crippen molar-refractivity contribution in [3.05, 3.63) is 65.9 Å². The van der Waals surface area contributed by atoms with E-state index in [2.05, 4.69) is 14.8 Å². The second-order valence-corrected chi connectivity index (χ2v) is 12.1. The first-order chi connectivity index (χ1) is 17.3. The molecule has 5 rings (SSSR count). The zero-order valence-electron chi connectivity index (χ0n) is 20.4. The Kier molecular flexibility index (Phi) is 7.30. The number of halogens is 1. The van der Waals surface area contributed by atoms with Crippen LogP contribution in [0, 0.1) is 5.92 Å². The van der Waals surface area contributed by atoms with Crippen LogP contribution in [0.5, 0.6) is 0 Å². The highest BCUT2D eigenvalue weighted by Crippen LogP contribution is 2.28. The minimum atomic E-state index is -3.71. The minimum absolute atomic E-state index is 0.0114. The summed E-state index contributed by atoms with van der Waals surface area (Å²) in [4.78, 5) is 21.5. The van der Waals surface area contributed by atoms with E-state index in [0.717, 1.165) is 43.2 Å². The van der Waals surface area contributed by atoms with E-state index < -0.39 is 16.1 Å². The largest absolute Gasteiger partial charge is 0.371 e. The molecule has 0 bridgehead atoms. The zero-order chi connectivity index (χ0) is 25.3. The second kappa shape index (κ2) is 10.5. The predicted octanol–water partition coefficient (Wildman–Crippen LogP) is 4.07. The number of fused-ring (bicyclic) bond motifs is 1. The van der Waals surface area contributed by atoms with Crippen molar-refractivity contribution >= 4 is 43.9 Å². The second-order valence-electron chi connectivity index (χ2n) is 9.77. The molecule has 190 valence electrons. The molecule has 0 amide bonds. The van der Waals surface area contributed by atoms with E-state index in [1.54, 1.807) is 31.2 Å². The molecule has 0 spiro atoms. The number of aromatic nitrogens is 1. The number of anilines is 1. The molecule has 0 aliphatic carbocycles. The molecule has 2 aromatic carbocycles. The van der Waals surface area contributed by atoms with E-state index in [9.17, 15) is 13.2 Å². The van der Waals surface area contributed by atoms with Crippen molar-refractivity contribution in [1.82, 2.24) is 14.2 Å². The molecule has 36 heavy (non-hydrogen) atoms. The molecule has 1 unspecified atom stereocenters. The number of carbonyl (C=O) groups is 1. The van der Waals surface area contributed by atoms with Gasteiger partial charge in [-0.3, -0.25) is 14.7 Å². The van der Waals surface area contributed by atoms with Crippen LogP contribution in [-0.2, 0) is 14.8 Å². The summed E-state index contributed by atoms with van der Waals surface area (Å²) in [6.45, 7) is 5.45. The first kappa shape index (κ1) is 25.1. The fourth-order valence-corrected chi connectivity index (χ4v) is 7.04. The number of hydrogen-bond acceptors (Lipinski definition) is 6. The molecule has 1 aromatic heterocycles. The number of piperidine rings is 1. The monoisotopic (exact) mass is 526 g/mol. The van der Waals surface area contributed by atoms with Crippen molar-refractivity contribution in [2.24, 2.45) is 5.92 Å². The van der Waals surface area contributed by atoms with Crippen LogP contribution in [0.15, 0.2) is 65.8 Å². The molecule has 1 atom stereocenters. The van der Waals surface area contributed by atoms with Crippen LogP contribution in [0.4, 0.5) is 5.69 Å². The van der Waals surface area contributed by atoms with Gasteiger partial charge in [-0.1, -0.05) is 23.7 Å². The fraction of sp³-hybridized carbons (Fsp3) is 0.407. The maximum absolute atomic E-state index is 13.5. The Bertz CT molecular complexity index is 1340. The Morgan fingerprint density at radius 2 is 1.67 bits per heavy atom. The number of piperazine rings is 1. The lowest BCUT2D eigenvalue weighted by atomic mass is 9.94. The van der Waals surface area contributed by atoms with Gasteiger partial charge in [0.25, 0.3) is 0 Å². The number of carbonyl (C=O) groups excluding carboxylic acids is 1. The van der Waals surface area contributed by atoms with Crippen molar-refractivity contribution < 1.29 is 13.2 Å². The Morgan fingerprint density at radius 3 is 2.39 bits per heavy atom. The number of benzene rings is 2. The summed E-state index contributed by atoms with van der Waals surface area (Å²) >= 11 is 6.07. The van der Waals surface area contributed by atoms with Crippen molar-refractivity contribution in [1.29, 1.82) is 0 Å². The molecule has 3 aromatic rings. The van der Waals surface area contributed by atoms with Crippen molar-refractivity contribution in [2.75, 3.05) is 44.2 Å². The third kappa shape index (κ3) is 5.27. The third-order valence-electron chi connectivity index (χ3n) is 7.47. The van der Waals surface area contributed by atoms with Crippen LogP contribution in [0.3, 0.4) is 0 Å². The highest BCUT2D eigenvalue weighted by atomic mass is 35.5. The van der Waals surface area contributed by atoms with Gasteiger partial charge >= 0.3 is 0 Å². The predicted molar refractivity (Wildman–Crippen MR) is 143 cm³/mol. The van der Waals surface area contributed by atoms with E-state index in [4.69, 9.17) is 11.6 Å². The number of Topliss-reactive ketones (excluding diaryl/α,β-unsaturated/α-hetero) is 1. The van der Waals surface area contributed by atoms with Gasteiger partial charge in [-0.2, -0.15) is 4.31 Å². The number of rotatable bonds is 6. The summed E-state index contributed by atoms with van der Waals surface area (Å²) in [6.07, 6.45) is 5.74. The Hall–Kier alpha value is -2.52. The van der Waals surface area contributed by atoms with Gasteiger partial charge < -0.3 is 4.90 Å². The number of pyridine rings is 1. The summed E-state index contributed by atoms with van der Waals surface area (Å²) < 4.78 is 28.5. The van der Waals surface area contributed by atoms with Crippen LogP contribution in [0.2, 0.25) is 5.02 Å². The number of ketones is 1. The van der Waals surface area contributed by atoms with Gasteiger partial charge in [0.05, 0.1) is 10.9 Å². The van der Waals surface area contributed by atoms with Gasteiger partial charge in [-0.25, -0.2) is 8.42 Å². The van der Waals surface area contributed by atoms with Crippen LogP contribution in [-0.4, -0.2) is 73.7 Å². The Morgan fingerprint density at radius 1 is 0.972 bits per heavy atom. The first-order valence-corrected chi connectivity index (χ1v) is 14.2. The molecule has 2 saturated heterocycles. The van der Waals surface area contributed by atoms with Crippen molar-refractivity contribution in [2.45, 2.75) is 30.7 Å². The molecule has 2 aliphatic heterocycles. The Labute approximate surface area is 217 Å². The van der Waals surface area contributed by atoms with Gasteiger partial charge in [0.15, 0.2) is 0 Å². The summed E-state index contributed by atoms with van der Waals surface area (Å²) in [7, 11) is -3.71. The van der Waals surface area contributed by atoms with E-state index >= 15 is 0 Å².